The number of aryl methyl sites for hydroxylation is 3. The molecule has 0 radical (unpaired) electrons. The molecule has 1 saturated heterocycles. The Morgan fingerprint density at radius 3 is 2.43 bits per heavy atom. The number of carboxylic acids is 1. The lowest BCUT2D eigenvalue weighted by atomic mass is 10.1. The summed E-state index contributed by atoms with van der Waals surface area (Å²) in [5.74, 6) is -1.57. The first-order valence-electron chi connectivity index (χ1n) is 10.7. The zero-order valence-electron chi connectivity index (χ0n) is 19.2. The van der Waals surface area contributed by atoms with Gasteiger partial charge in [-0.15, -0.1) is 0 Å². The number of aromatic carboxylic acids is 1. The van der Waals surface area contributed by atoms with E-state index in [0.717, 1.165) is 21.6 Å². The summed E-state index contributed by atoms with van der Waals surface area (Å²) >= 11 is 0.711. The van der Waals surface area contributed by atoms with Crippen LogP contribution in [0.1, 0.15) is 32.8 Å². The summed E-state index contributed by atoms with van der Waals surface area (Å²) < 4.78 is 5.72. The number of amides is 3. The third-order valence-electron chi connectivity index (χ3n) is 5.44. The largest absolute Gasteiger partial charge is 0.478 e. The van der Waals surface area contributed by atoms with Gasteiger partial charge in [-0.25, -0.2) is 4.79 Å². The number of benzene rings is 2. The Morgan fingerprint density at radius 1 is 1.06 bits per heavy atom. The van der Waals surface area contributed by atoms with Crippen molar-refractivity contribution >= 4 is 46.5 Å². The van der Waals surface area contributed by atoms with Crippen LogP contribution in [-0.2, 0) is 9.59 Å². The molecule has 2 N–H and O–H groups in total. The van der Waals surface area contributed by atoms with Crippen LogP contribution in [0, 0.1) is 20.8 Å². The van der Waals surface area contributed by atoms with Crippen molar-refractivity contribution in [2.45, 2.75) is 20.8 Å². The van der Waals surface area contributed by atoms with Crippen molar-refractivity contribution in [2.75, 3.05) is 11.9 Å². The van der Waals surface area contributed by atoms with Crippen molar-refractivity contribution in [3.63, 3.8) is 0 Å². The lowest BCUT2D eigenvalue weighted by Gasteiger charge is -2.15. The highest BCUT2D eigenvalue weighted by atomic mass is 32.2. The molecular weight excluding hydrogens is 468 g/mol. The molecule has 8 nitrogen and oxygen atoms in total. The molecule has 1 aromatic heterocycles. The van der Waals surface area contributed by atoms with E-state index in [1.807, 2.05) is 32.9 Å². The minimum absolute atomic E-state index is 0.0822. The fourth-order valence-electron chi connectivity index (χ4n) is 3.92. The highest BCUT2D eigenvalue weighted by molar-refractivity contribution is 8.18. The van der Waals surface area contributed by atoms with Gasteiger partial charge < -0.3 is 14.8 Å². The maximum atomic E-state index is 12.8. The monoisotopic (exact) mass is 490 g/mol. The first-order valence-corrected chi connectivity index (χ1v) is 11.5. The van der Waals surface area contributed by atoms with Gasteiger partial charge in [-0.05, 0) is 61.9 Å². The Kier molecular flexibility index (Phi) is 6.61. The molecule has 4 rings (SSSR count). The Balaban J connectivity index is 1.49. The number of rotatable bonds is 6. The summed E-state index contributed by atoms with van der Waals surface area (Å²) in [5.41, 5.74) is 3.99. The number of furan rings is 1. The Hall–Kier alpha value is -4.11. The summed E-state index contributed by atoms with van der Waals surface area (Å²) in [6.07, 6.45) is 1.41. The average molecular weight is 491 g/mol. The average Bonchev–Trinajstić information content (AvgIpc) is 3.36. The molecule has 1 aliphatic rings. The second kappa shape index (κ2) is 9.63. The Morgan fingerprint density at radius 2 is 1.74 bits per heavy atom. The van der Waals surface area contributed by atoms with Crippen LogP contribution in [0.25, 0.3) is 17.4 Å². The molecule has 0 unspecified atom stereocenters. The van der Waals surface area contributed by atoms with E-state index in [4.69, 9.17) is 4.42 Å². The van der Waals surface area contributed by atoms with Gasteiger partial charge in [-0.2, -0.15) is 0 Å². The van der Waals surface area contributed by atoms with E-state index in [2.05, 4.69) is 5.32 Å². The quantitative estimate of drug-likeness (QED) is 0.454. The molecule has 178 valence electrons. The number of nitrogens with one attached hydrogen (secondary N) is 1. The molecule has 2 heterocycles. The second-order valence-electron chi connectivity index (χ2n) is 8.14. The van der Waals surface area contributed by atoms with Crippen molar-refractivity contribution in [1.82, 2.24) is 4.90 Å². The van der Waals surface area contributed by atoms with Crippen molar-refractivity contribution < 1.29 is 28.7 Å². The molecule has 0 aliphatic carbocycles. The molecule has 3 aromatic rings. The van der Waals surface area contributed by atoms with Gasteiger partial charge in [0.2, 0.25) is 5.91 Å². The first kappa shape index (κ1) is 24.0. The van der Waals surface area contributed by atoms with Crippen LogP contribution in [0.5, 0.6) is 0 Å². The molecule has 0 atom stereocenters. The SMILES string of the molecule is Cc1cc(C)c(NC(=O)CN2C(=O)S/C(=C\c3ccc(-c4ccccc4C(=O)O)o3)C2=O)c(C)c1. The fraction of sp³-hybridized carbons (Fsp3) is 0.154. The number of anilines is 1. The summed E-state index contributed by atoms with van der Waals surface area (Å²) in [6.45, 7) is 5.31. The standard InChI is InChI=1S/C26H22N2O6S/c1-14-10-15(2)23(16(3)11-14)27-22(29)13-28-24(30)21(35-26(28)33)12-17-8-9-20(34-17)18-6-4-5-7-19(18)25(31)32/h4-12H,13H2,1-3H3,(H,27,29)(H,31,32)/b21-12-. The highest BCUT2D eigenvalue weighted by Gasteiger charge is 2.36. The maximum absolute atomic E-state index is 12.8. The van der Waals surface area contributed by atoms with Gasteiger partial charge in [0, 0.05) is 17.3 Å². The van der Waals surface area contributed by atoms with E-state index >= 15 is 0 Å². The van der Waals surface area contributed by atoms with Crippen LogP contribution >= 0.6 is 11.8 Å². The van der Waals surface area contributed by atoms with Gasteiger partial charge >= 0.3 is 5.97 Å². The number of carbonyl (C=O) groups excluding carboxylic acids is 3. The minimum Gasteiger partial charge on any atom is -0.478 e. The number of nitrogens with zero attached hydrogens (tertiary/aromatic N) is 1. The Bertz CT molecular complexity index is 1380. The number of imide groups is 1. The van der Waals surface area contributed by atoms with E-state index in [9.17, 15) is 24.3 Å². The smallest absolute Gasteiger partial charge is 0.336 e. The number of hydrogen-bond acceptors (Lipinski definition) is 6. The van der Waals surface area contributed by atoms with Crippen molar-refractivity contribution in [2.24, 2.45) is 0 Å². The van der Waals surface area contributed by atoms with Crippen molar-refractivity contribution in [1.29, 1.82) is 0 Å². The lowest BCUT2D eigenvalue weighted by molar-refractivity contribution is -0.127. The van der Waals surface area contributed by atoms with Gasteiger partial charge in [0.05, 0.1) is 10.5 Å². The third kappa shape index (κ3) is 5.04. The van der Waals surface area contributed by atoms with Crippen LogP contribution in [0.15, 0.2) is 57.9 Å². The number of thioether (sulfide) groups is 1. The van der Waals surface area contributed by atoms with Crippen molar-refractivity contribution in [3.05, 3.63) is 81.5 Å². The van der Waals surface area contributed by atoms with Crippen LogP contribution in [0.2, 0.25) is 0 Å². The van der Waals surface area contributed by atoms with E-state index in [1.54, 1.807) is 30.3 Å². The van der Waals surface area contributed by atoms with Crippen LogP contribution in [-0.4, -0.2) is 39.6 Å². The lowest BCUT2D eigenvalue weighted by Crippen LogP contribution is -2.36. The normalized spacial score (nSPS) is 14.6. The predicted octanol–water partition coefficient (Wildman–Crippen LogP) is 5.25. The molecule has 9 heteroatoms. The van der Waals surface area contributed by atoms with E-state index in [1.165, 1.54) is 12.1 Å². The van der Waals surface area contributed by atoms with E-state index in [-0.39, 0.29) is 16.2 Å². The van der Waals surface area contributed by atoms with Gasteiger partial charge in [0.25, 0.3) is 11.1 Å². The summed E-state index contributed by atoms with van der Waals surface area (Å²) in [6, 6.07) is 13.5. The zero-order chi connectivity index (χ0) is 25.3. The van der Waals surface area contributed by atoms with E-state index < -0.39 is 29.6 Å². The summed E-state index contributed by atoms with van der Waals surface area (Å²) in [7, 11) is 0. The number of hydrogen-bond donors (Lipinski definition) is 2. The van der Waals surface area contributed by atoms with Gasteiger partial charge in [0.1, 0.15) is 18.1 Å². The molecule has 2 aromatic carbocycles. The second-order valence-corrected chi connectivity index (χ2v) is 9.14. The molecule has 0 saturated carbocycles. The third-order valence-corrected chi connectivity index (χ3v) is 6.35. The summed E-state index contributed by atoms with van der Waals surface area (Å²) in [4.78, 5) is 50.3. The van der Waals surface area contributed by atoms with Crippen LogP contribution in [0.4, 0.5) is 10.5 Å². The fourth-order valence-corrected chi connectivity index (χ4v) is 4.74. The summed E-state index contributed by atoms with van der Waals surface area (Å²) in [5, 5.41) is 11.6. The molecule has 0 bridgehead atoms. The van der Waals surface area contributed by atoms with Crippen LogP contribution < -0.4 is 5.32 Å². The molecule has 0 spiro atoms. The van der Waals surface area contributed by atoms with Crippen molar-refractivity contribution in [3.8, 4) is 11.3 Å². The number of carboxylic acid groups (broad SMARTS) is 1. The topological polar surface area (TPSA) is 117 Å². The first-order chi connectivity index (χ1) is 16.6. The Labute approximate surface area is 205 Å². The number of carbonyl (C=O) groups is 4. The molecule has 35 heavy (non-hydrogen) atoms. The van der Waals surface area contributed by atoms with E-state index in [0.29, 0.717) is 28.8 Å². The molecule has 1 aliphatic heterocycles. The van der Waals surface area contributed by atoms with Gasteiger partial charge in [-0.3, -0.25) is 19.3 Å². The molecule has 3 amide bonds. The highest BCUT2D eigenvalue weighted by Crippen LogP contribution is 2.34. The molecule has 1 fully saturated rings. The minimum atomic E-state index is -1.09. The van der Waals surface area contributed by atoms with Gasteiger partial charge in [-0.1, -0.05) is 35.9 Å². The van der Waals surface area contributed by atoms with Crippen LogP contribution in [0.3, 0.4) is 0 Å². The molecular formula is C26H22N2O6S. The van der Waals surface area contributed by atoms with Gasteiger partial charge in [0.15, 0.2) is 0 Å². The predicted molar refractivity (Wildman–Crippen MR) is 133 cm³/mol. The maximum Gasteiger partial charge on any atom is 0.336 e. The zero-order valence-corrected chi connectivity index (χ0v) is 20.1.